The third-order valence-corrected chi connectivity index (χ3v) is 4.44. The summed E-state index contributed by atoms with van der Waals surface area (Å²) in [6.45, 7) is 2.21. The average Bonchev–Trinajstić information content (AvgIpc) is 1.88. The molecular weight excluding hydrogens is 160 g/mol. The van der Waals surface area contributed by atoms with Crippen LogP contribution in [0.5, 0.6) is 0 Å². The predicted octanol–water partition coefficient (Wildman–Crippen LogP) is 0.622. The zero-order valence-corrected chi connectivity index (χ0v) is 8.85. The summed E-state index contributed by atoms with van der Waals surface area (Å²) >= 11 is 0. The summed E-state index contributed by atoms with van der Waals surface area (Å²) in [4.78, 5) is 0. The van der Waals surface area contributed by atoms with E-state index in [-0.39, 0.29) is 0 Å². The van der Waals surface area contributed by atoms with Crippen molar-refractivity contribution in [3.63, 3.8) is 0 Å². The van der Waals surface area contributed by atoms with E-state index < -0.39 is 8.07 Å². The average molecular weight is 178 g/mol. The van der Waals surface area contributed by atoms with Crippen LogP contribution in [0.3, 0.4) is 0 Å². The first-order valence-electron chi connectivity index (χ1n) is 3.65. The molecule has 0 aromatic rings. The van der Waals surface area contributed by atoms with Crippen LogP contribution in [-0.2, 0) is 14.2 Å². The molecule has 0 amide bonds. The van der Waals surface area contributed by atoms with Gasteiger partial charge in [-0.05, 0) is 0 Å². The molecule has 0 unspecified atom stereocenters. The van der Waals surface area contributed by atoms with Gasteiger partial charge in [0.05, 0.1) is 0 Å². The molecule has 0 aliphatic rings. The SMILES string of the molecule is COC[Si](C)(COC)COC. The lowest BCUT2D eigenvalue weighted by atomic mass is 11.5. The maximum absolute atomic E-state index is 5.11. The number of hydrogen-bond donors (Lipinski definition) is 0. The fourth-order valence-electron chi connectivity index (χ4n) is 1.17. The van der Waals surface area contributed by atoms with Gasteiger partial charge in [-0.25, -0.2) is 0 Å². The van der Waals surface area contributed by atoms with E-state index in [1.165, 1.54) is 0 Å². The standard InChI is InChI=1S/C7H18O3Si/c1-8-5-11(4,6-9-2)7-10-3/h5-7H2,1-4H3. The van der Waals surface area contributed by atoms with Crippen molar-refractivity contribution >= 4 is 8.07 Å². The smallest absolute Gasteiger partial charge is 0.137 e. The summed E-state index contributed by atoms with van der Waals surface area (Å²) in [5.41, 5.74) is 0. The molecule has 4 heteroatoms. The van der Waals surface area contributed by atoms with Gasteiger partial charge in [0.15, 0.2) is 0 Å². The molecule has 0 aromatic carbocycles. The Labute approximate surface area is 69.7 Å². The molecule has 68 valence electrons. The summed E-state index contributed by atoms with van der Waals surface area (Å²) < 4.78 is 15.3. The minimum Gasteiger partial charge on any atom is -0.388 e. The van der Waals surface area contributed by atoms with Crippen molar-refractivity contribution < 1.29 is 14.2 Å². The lowest BCUT2D eigenvalue weighted by Gasteiger charge is -2.23. The molecular formula is C7H18O3Si. The van der Waals surface area contributed by atoms with Gasteiger partial charge in [-0.15, -0.1) is 0 Å². The van der Waals surface area contributed by atoms with Crippen LogP contribution in [0.15, 0.2) is 0 Å². The fourth-order valence-corrected chi connectivity index (χ4v) is 3.51. The van der Waals surface area contributed by atoms with Crippen molar-refractivity contribution in [1.29, 1.82) is 0 Å². The second kappa shape index (κ2) is 5.71. The van der Waals surface area contributed by atoms with Gasteiger partial charge in [-0.2, -0.15) is 0 Å². The highest BCUT2D eigenvalue weighted by molar-refractivity contribution is 6.78. The lowest BCUT2D eigenvalue weighted by Crippen LogP contribution is -2.47. The number of rotatable bonds is 6. The van der Waals surface area contributed by atoms with E-state index in [1.807, 2.05) is 0 Å². The summed E-state index contributed by atoms with van der Waals surface area (Å²) in [6.07, 6.45) is 2.40. The highest BCUT2D eigenvalue weighted by atomic mass is 28.3. The van der Waals surface area contributed by atoms with E-state index in [1.54, 1.807) is 21.3 Å². The van der Waals surface area contributed by atoms with Crippen molar-refractivity contribution in [2.24, 2.45) is 0 Å². The van der Waals surface area contributed by atoms with E-state index in [0.29, 0.717) is 0 Å². The van der Waals surface area contributed by atoms with Crippen molar-refractivity contribution in [3.8, 4) is 0 Å². The quantitative estimate of drug-likeness (QED) is 0.558. The Kier molecular flexibility index (Phi) is 5.76. The normalized spacial score (nSPS) is 12.0. The molecule has 0 aliphatic carbocycles. The molecule has 11 heavy (non-hydrogen) atoms. The summed E-state index contributed by atoms with van der Waals surface area (Å²) in [7, 11) is 3.74. The van der Waals surface area contributed by atoms with E-state index in [4.69, 9.17) is 14.2 Å². The molecule has 3 nitrogen and oxygen atoms in total. The first-order valence-corrected chi connectivity index (χ1v) is 6.77. The first kappa shape index (κ1) is 11.1. The van der Waals surface area contributed by atoms with E-state index in [2.05, 4.69) is 6.55 Å². The maximum atomic E-state index is 5.11. The van der Waals surface area contributed by atoms with Gasteiger partial charge >= 0.3 is 0 Å². The van der Waals surface area contributed by atoms with Crippen LogP contribution in [0.2, 0.25) is 6.55 Å². The molecule has 0 N–H and O–H groups in total. The Balaban J connectivity index is 3.79. The molecule has 0 saturated heterocycles. The van der Waals surface area contributed by atoms with Crippen LogP contribution in [0.4, 0.5) is 0 Å². The predicted molar refractivity (Wildman–Crippen MR) is 47.2 cm³/mol. The Hall–Kier alpha value is 0.0969. The number of methoxy groups -OCH3 is 3. The van der Waals surface area contributed by atoms with Crippen LogP contribution in [0.1, 0.15) is 0 Å². The maximum Gasteiger partial charge on any atom is 0.137 e. The van der Waals surface area contributed by atoms with Crippen molar-refractivity contribution in [2.75, 3.05) is 40.0 Å². The van der Waals surface area contributed by atoms with Crippen LogP contribution < -0.4 is 0 Å². The molecule has 0 rings (SSSR count). The Morgan fingerprint density at radius 3 is 1.27 bits per heavy atom. The van der Waals surface area contributed by atoms with Gasteiger partial charge < -0.3 is 14.2 Å². The molecule has 0 radical (unpaired) electrons. The minimum absolute atomic E-state index is 0.800. The second-order valence-corrected chi connectivity index (χ2v) is 7.60. The summed E-state index contributed by atoms with van der Waals surface area (Å²) in [5.74, 6) is 0. The largest absolute Gasteiger partial charge is 0.388 e. The highest BCUT2D eigenvalue weighted by Crippen LogP contribution is 2.03. The summed E-state index contributed by atoms with van der Waals surface area (Å²) in [6, 6.07) is 0. The molecule has 0 fully saturated rings. The van der Waals surface area contributed by atoms with Gasteiger partial charge in [0.1, 0.15) is 8.07 Å². The number of hydrogen-bond acceptors (Lipinski definition) is 3. The molecule has 0 atom stereocenters. The lowest BCUT2D eigenvalue weighted by molar-refractivity contribution is 0.191. The molecule has 0 aliphatic heterocycles. The zero-order chi connectivity index (χ0) is 8.74. The van der Waals surface area contributed by atoms with Gasteiger partial charge in [0, 0.05) is 40.0 Å². The Morgan fingerprint density at radius 2 is 1.09 bits per heavy atom. The van der Waals surface area contributed by atoms with Gasteiger partial charge in [-0.3, -0.25) is 0 Å². The van der Waals surface area contributed by atoms with Gasteiger partial charge in [0.25, 0.3) is 0 Å². The van der Waals surface area contributed by atoms with Crippen molar-refractivity contribution in [1.82, 2.24) is 0 Å². The Morgan fingerprint density at radius 1 is 0.818 bits per heavy atom. The first-order chi connectivity index (χ1) is 5.18. The molecule has 0 heterocycles. The molecule has 0 saturated carbocycles. The van der Waals surface area contributed by atoms with Crippen LogP contribution >= 0.6 is 0 Å². The highest BCUT2D eigenvalue weighted by Gasteiger charge is 2.27. The minimum atomic E-state index is -1.42. The third kappa shape index (κ3) is 4.52. The van der Waals surface area contributed by atoms with E-state index >= 15 is 0 Å². The fraction of sp³-hybridized carbons (Fsp3) is 1.00. The van der Waals surface area contributed by atoms with Crippen LogP contribution in [0, 0.1) is 0 Å². The zero-order valence-electron chi connectivity index (χ0n) is 7.85. The van der Waals surface area contributed by atoms with Crippen LogP contribution in [0.25, 0.3) is 0 Å². The molecule has 0 aromatic heterocycles. The van der Waals surface area contributed by atoms with Crippen LogP contribution in [-0.4, -0.2) is 48.1 Å². The molecule has 0 spiro atoms. The summed E-state index contributed by atoms with van der Waals surface area (Å²) in [5, 5.41) is 0. The topological polar surface area (TPSA) is 27.7 Å². The van der Waals surface area contributed by atoms with Crippen molar-refractivity contribution in [3.05, 3.63) is 0 Å². The second-order valence-electron chi connectivity index (χ2n) is 3.11. The molecule has 0 bridgehead atoms. The number of ether oxygens (including phenoxy) is 3. The van der Waals surface area contributed by atoms with Gasteiger partial charge in [-0.1, -0.05) is 6.55 Å². The van der Waals surface area contributed by atoms with Crippen molar-refractivity contribution in [2.45, 2.75) is 6.55 Å². The monoisotopic (exact) mass is 178 g/mol. The van der Waals surface area contributed by atoms with E-state index in [9.17, 15) is 0 Å². The Bertz CT molecular complexity index is 80.7. The van der Waals surface area contributed by atoms with Gasteiger partial charge in [0.2, 0.25) is 0 Å². The van der Waals surface area contributed by atoms with E-state index in [0.717, 1.165) is 18.7 Å². The third-order valence-electron chi connectivity index (χ3n) is 1.48.